The van der Waals surface area contributed by atoms with E-state index < -0.39 is 0 Å². The highest BCUT2D eigenvalue weighted by Crippen LogP contribution is 2.19. The topological polar surface area (TPSA) is 15.3 Å². The summed E-state index contributed by atoms with van der Waals surface area (Å²) in [5.74, 6) is 0. The molecule has 1 atom stereocenters. The van der Waals surface area contributed by atoms with E-state index in [0.717, 1.165) is 12.6 Å². The van der Waals surface area contributed by atoms with Crippen LogP contribution in [0.25, 0.3) is 0 Å². The predicted molar refractivity (Wildman–Crippen MR) is 89.8 cm³/mol. The predicted octanol–water partition coefficient (Wildman–Crippen LogP) is 3.40. The van der Waals surface area contributed by atoms with Crippen LogP contribution in [0.3, 0.4) is 0 Å². The number of nitrogens with one attached hydrogen (secondary N) is 1. The molecule has 1 aliphatic heterocycles. The molecule has 1 saturated carbocycles. The Labute approximate surface area is 129 Å². The minimum atomic E-state index is 0.654. The number of hydrogen-bond acceptors (Lipinski definition) is 2. The van der Waals surface area contributed by atoms with Crippen molar-refractivity contribution in [3.05, 3.63) is 35.4 Å². The fourth-order valence-corrected chi connectivity index (χ4v) is 3.90. The van der Waals surface area contributed by atoms with Crippen molar-refractivity contribution >= 4 is 0 Å². The Morgan fingerprint density at radius 1 is 1.05 bits per heavy atom. The average molecular weight is 286 g/mol. The van der Waals surface area contributed by atoms with Gasteiger partial charge in [0.05, 0.1) is 0 Å². The zero-order valence-corrected chi connectivity index (χ0v) is 13.5. The van der Waals surface area contributed by atoms with Crippen LogP contribution < -0.4 is 5.32 Å². The largest absolute Gasteiger partial charge is 0.312 e. The van der Waals surface area contributed by atoms with Gasteiger partial charge >= 0.3 is 0 Å². The molecule has 1 N–H and O–H groups in total. The van der Waals surface area contributed by atoms with Crippen LogP contribution in [-0.4, -0.2) is 36.6 Å². The summed E-state index contributed by atoms with van der Waals surface area (Å²) in [5, 5.41) is 3.82. The fraction of sp³-hybridized carbons (Fsp3) is 0.684. The molecule has 21 heavy (non-hydrogen) atoms. The van der Waals surface area contributed by atoms with Gasteiger partial charge < -0.3 is 5.32 Å². The summed E-state index contributed by atoms with van der Waals surface area (Å²) in [5.41, 5.74) is 3.12. The molecule has 1 aromatic carbocycles. The van der Waals surface area contributed by atoms with Gasteiger partial charge in [-0.1, -0.05) is 43.5 Å². The highest BCUT2D eigenvalue weighted by molar-refractivity contribution is 5.28. The normalized spacial score (nSPS) is 22.5. The van der Waals surface area contributed by atoms with Gasteiger partial charge in [0.2, 0.25) is 0 Å². The molecule has 1 heterocycles. The highest BCUT2D eigenvalue weighted by Gasteiger charge is 2.20. The lowest BCUT2D eigenvalue weighted by Crippen LogP contribution is -2.44. The second kappa shape index (κ2) is 7.42. The molecular weight excluding hydrogens is 256 g/mol. The van der Waals surface area contributed by atoms with E-state index in [4.69, 9.17) is 0 Å². The summed E-state index contributed by atoms with van der Waals surface area (Å²) in [6.45, 7) is 5.97. The molecule has 0 bridgehead atoms. The summed E-state index contributed by atoms with van der Waals surface area (Å²) in [6.07, 6.45) is 9.48. The third-order valence-electron chi connectivity index (χ3n) is 5.39. The van der Waals surface area contributed by atoms with Crippen molar-refractivity contribution in [2.75, 3.05) is 19.6 Å². The van der Waals surface area contributed by atoms with Crippen LogP contribution >= 0.6 is 0 Å². The first-order valence-corrected chi connectivity index (χ1v) is 8.87. The van der Waals surface area contributed by atoms with E-state index in [2.05, 4.69) is 41.4 Å². The SMILES string of the molecule is CC(CNC1CCCCC1)N1CCc2ccccc2CC1. The number of hydrogen-bond donors (Lipinski definition) is 1. The smallest absolute Gasteiger partial charge is 0.0192 e. The fourth-order valence-electron chi connectivity index (χ4n) is 3.90. The van der Waals surface area contributed by atoms with Crippen LogP contribution in [0.15, 0.2) is 24.3 Å². The molecule has 0 aromatic heterocycles. The van der Waals surface area contributed by atoms with Gasteiger partial charge in [-0.15, -0.1) is 0 Å². The van der Waals surface area contributed by atoms with Crippen molar-refractivity contribution in [3.63, 3.8) is 0 Å². The summed E-state index contributed by atoms with van der Waals surface area (Å²) < 4.78 is 0. The van der Waals surface area contributed by atoms with Gasteiger partial charge in [-0.25, -0.2) is 0 Å². The first kappa shape index (κ1) is 15.1. The van der Waals surface area contributed by atoms with Crippen LogP contribution in [0.4, 0.5) is 0 Å². The van der Waals surface area contributed by atoms with Crippen molar-refractivity contribution < 1.29 is 0 Å². The minimum Gasteiger partial charge on any atom is -0.312 e. The third-order valence-corrected chi connectivity index (χ3v) is 5.39. The van der Waals surface area contributed by atoms with E-state index >= 15 is 0 Å². The summed E-state index contributed by atoms with van der Waals surface area (Å²) in [4.78, 5) is 2.68. The maximum absolute atomic E-state index is 3.82. The third kappa shape index (κ3) is 4.08. The molecule has 1 unspecified atom stereocenters. The lowest BCUT2D eigenvalue weighted by molar-refractivity contribution is 0.204. The van der Waals surface area contributed by atoms with E-state index in [0.29, 0.717) is 6.04 Å². The van der Waals surface area contributed by atoms with Crippen molar-refractivity contribution in [3.8, 4) is 0 Å². The molecule has 3 rings (SSSR count). The average Bonchev–Trinajstić information content (AvgIpc) is 2.76. The Morgan fingerprint density at radius 2 is 1.67 bits per heavy atom. The molecule has 116 valence electrons. The Morgan fingerprint density at radius 3 is 2.29 bits per heavy atom. The summed E-state index contributed by atoms with van der Waals surface area (Å²) in [7, 11) is 0. The standard InChI is InChI=1S/C19H30N2/c1-16(15-20-19-9-3-2-4-10-19)21-13-11-17-7-5-6-8-18(17)12-14-21/h5-8,16,19-20H,2-4,9-15H2,1H3. The quantitative estimate of drug-likeness (QED) is 0.912. The van der Waals surface area contributed by atoms with Gasteiger partial charge in [0.25, 0.3) is 0 Å². The number of fused-ring (bicyclic) bond motifs is 1. The Bertz CT molecular complexity index is 410. The second-order valence-electron chi connectivity index (χ2n) is 6.90. The van der Waals surface area contributed by atoms with Crippen molar-refractivity contribution in [2.45, 2.75) is 64.0 Å². The van der Waals surface area contributed by atoms with Gasteiger partial charge in [0, 0.05) is 31.7 Å². The van der Waals surface area contributed by atoms with Gasteiger partial charge in [-0.2, -0.15) is 0 Å². The van der Waals surface area contributed by atoms with Crippen molar-refractivity contribution in [1.29, 1.82) is 0 Å². The summed E-state index contributed by atoms with van der Waals surface area (Å²) in [6, 6.07) is 10.4. The first-order chi connectivity index (χ1) is 10.3. The summed E-state index contributed by atoms with van der Waals surface area (Å²) >= 11 is 0. The molecular formula is C19H30N2. The van der Waals surface area contributed by atoms with E-state index in [1.54, 1.807) is 11.1 Å². The lowest BCUT2D eigenvalue weighted by Gasteiger charge is -2.30. The van der Waals surface area contributed by atoms with Crippen LogP contribution in [0, 0.1) is 0 Å². The van der Waals surface area contributed by atoms with Gasteiger partial charge in [0.1, 0.15) is 0 Å². The molecule has 0 spiro atoms. The van der Waals surface area contributed by atoms with Crippen LogP contribution in [-0.2, 0) is 12.8 Å². The minimum absolute atomic E-state index is 0.654. The first-order valence-electron chi connectivity index (χ1n) is 8.87. The maximum Gasteiger partial charge on any atom is 0.0192 e. The Balaban J connectivity index is 1.48. The molecule has 2 nitrogen and oxygen atoms in total. The van der Waals surface area contributed by atoms with Crippen LogP contribution in [0.1, 0.15) is 50.2 Å². The van der Waals surface area contributed by atoms with E-state index in [-0.39, 0.29) is 0 Å². The molecule has 2 heteroatoms. The van der Waals surface area contributed by atoms with E-state index in [9.17, 15) is 0 Å². The molecule has 1 aromatic rings. The highest BCUT2D eigenvalue weighted by atomic mass is 15.2. The molecule has 2 aliphatic rings. The molecule has 0 saturated heterocycles. The Kier molecular flexibility index (Phi) is 5.32. The molecule has 0 radical (unpaired) electrons. The van der Waals surface area contributed by atoms with E-state index in [1.165, 1.54) is 58.0 Å². The second-order valence-corrected chi connectivity index (χ2v) is 6.90. The molecule has 1 fully saturated rings. The van der Waals surface area contributed by atoms with Gasteiger partial charge in [-0.05, 0) is 43.7 Å². The number of rotatable bonds is 4. The van der Waals surface area contributed by atoms with Crippen molar-refractivity contribution in [2.24, 2.45) is 0 Å². The zero-order valence-electron chi connectivity index (χ0n) is 13.5. The van der Waals surface area contributed by atoms with E-state index in [1.807, 2.05) is 0 Å². The molecule has 0 amide bonds. The van der Waals surface area contributed by atoms with Crippen LogP contribution in [0.5, 0.6) is 0 Å². The van der Waals surface area contributed by atoms with Gasteiger partial charge in [-0.3, -0.25) is 4.90 Å². The molecule has 1 aliphatic carbocycles. The van der Waals surface area contributed by atoms with Crippen molar-refractivity contribution in [1.82, 2.24) is 10.2 Å². The zero-order chi connectivity index (χ0) is 14.5. The Hall–Kier alpha value is -0.860. The lowest BCUT2D eigenvalue weighted by atomic mass is 9.95. The van der Waals surface area contributed by atoms with Gasteiger partial charge in [0.15, 0.2) is 0 Å². The number of nitrogens with zero attached hydrogens (tertiary/aromatic N) is 1. The van der Waals surface area contributed by atoms with Crippen LogP contribution in [0.2, 0.25) is 0 Å². The number of benzene rings is 1. The maximum atomic E-state index is 3.82. The monoisotopic (exact) mass is 286 g/mol.